The maximum absolute atomic E-state index is 10.9. The maximum Gasteiger partial charge on any atom is 0.145 e. The van der Waals surface area contributed by atoms with Crippen LogP contribution in [0.25, 0.3) is 0 Å². The Morgan fingerprint density at radius 3 is 2.69 bits per heavy atom. The fourth-order valence-electron chi connectivity index (χ4n) is 3.49. The van der Waals surface area contributed by atoms with E-state index in [0.29, 0.717) is 11.3 Å². The van der Waals surface area contributed by atoms with Crippen LogP contribution in [0.2, 0.25) is 0 Å². The predicted octanol–water partition coefficient (Wildman–Crippen LogP) is 4.05. The van der Waals surface area contributed by atoms with Crippen LogP contribution >= 0.6 is 0 Å². The van der Waals surface area contributed by atoms with Gasteiger partial charge in [-0.1, -0.05) is 31.1 Å². The van der Waals surface area contributed by atoms with Gasteiger partial charge in [0.2, 0.25) is 0 Å². The fourth-order valence-corrected chi connectivity index (χ4v) is 3.49. The molecule has 16 heavy (non-hydrogen) atoms. The summed E-state index contributed by atoms with van der Waals surface area (Å²) in [5.41, 5.74) is 4.63. The van der Waals surface area contributed by atoms with Crippen LogP contribution in [0.4, 0.5) is 0 Å². The van der Waals surface area contributed by atoms with Crippen molar-refractivity contribution in [3.63, 3.8) is 0 Å². The van der Waals surface area contributed by atoms with E-state index in [1.165, 1.54) is 12.8 Å². The number of rotatable bonds is 2. The van der Waals surface area contributed by atoms with E-state index in [4.69, 9.17) is 0 Å². The highest BCUT2D eigenvalue weighted by atomic mass is 16.1. The second-order valence-corrected chi connectivity index (χ2v) is 5.67. The molecule has 0 saturated heterocycles. The Labute approximate surface area is 98.6 Å². The van der Waals surface area contributed by atoms with Crippen LogP contribution in [-0.4, -0.2) is 6.29 Å². The smallest absolute Gasteiger partial charge is 0.145 e. The van der Waals surface area contributed by atoms with E-state index < -0.39 is 0 Å². The standard InChI is InChI=1S/C15H22O/c1-11(2)15-8-6-12(3)14(15)5-4-13(10-16)7-9-15/h7,10-11H,4-6,8-9H2,1-3H3. The van der Waals surface area contributed by atoms with E-state index in [2.05, 4.69) is 26.8 Å². The molecule has 2 aliphatic rings. The summed E-state index contributed by atoms with van der Waals surface area (Å²) < 4.78 is 0. The normalized spacial score (nSPS) is 30.1. The number of aldehydes is 1. The molecular formula is C15H22O. The minimum atomic E-state index is 0.370. The molecule has 0 aromatic carbocycles. The first-order chi connectivity index (χ1) is 7.60. The number of carbonyl (C=O) groups is 1. The van der Waals surface area contributed by atoms with E-state index >= 15 is 0 Å². The van der Waals surface area contributed by atoms with Gasteiger partial charge in [0.15, 0.2) is 0 Å². The summed E-state index contributed by atoms with van der Waals surface area (Å²) in [7, 11) is 0. The number of fused-ring (bicyclic) bond motifs is 1. The van der Waals surface area contributed by atoms with Gasteiger partial charge < -0.3 is 0 Å². The summed E-state index contributed by atoms with van der Waals surface area (Å²) in [6.45, 7) is 6.95. The van der Waals surface area contributed by atoms with Gasteiger partial charge in [0.25, 0.3) is 0 Å². The third-order valence-electron chi connectivity index (χ3n) is 4.71. The summed E-state index contributed by atoms with van der Waals surface area (Å²) in [5.74, 6) is 0.683. The van der Waals surface area contributed by atoms with Crippen molar-refractivity contribution < 1.29 is 4.79 Å². The van der Waals surface area contributed by atoms with Crippen LogP contribution in [0.15, 0.2) is 22.8 Å². The van der Waals surface area contributed by atoms with E-state index in [0.717, 1.165) is 31.1 Å². The van der Waals surface area contributed by atoms with E-state index in [1.807, 2.05) is 0 Å². The summed E-state index contributed by atoms with van der Waals surface area (Å²) in [6.07, 6.45) is 8.92. The molecule has 0 N–H and O–H groups in total. The van der Waals surface area contributed by atoms with Crippen LogP contribution in [0.5, 0.6) is 0 Å². The Balaban J connectivity index is 2.38. The lowest BCUT2D eigenvalue weighted by atomic mass is 9.69. The first-order valence-electron chi connectivity index (χ1n) is 6.43. The minimum absolute atomic E-state index is 0.370. The molecule has 1 unspecified atom stereocenters. The summed E-state index contributed by atoms with van der Waals surface area (Å²) in [4.78, 5) is 10.9. The predicted molar refractivity (Wildman–Crippen MR) is 67.2 cm³/mol. The quantitative estimate of drug-likeness (QED) is 0.505. The Morgan fingerprint density at radius 1 is 1.31 bits per heavy atom. The second-order valence-electron chi connectivity index (χ2n) is 5.67. The lowest BCUT2D eigenvalue weighted by molar-refractivity contribution is -0.105. The summed E-state index contributed by atoms with van der Waals surface area (Å²) in [5, 5.41) is 0. The molecule has 0 aliphatic heterocycles. The molecule has 0 heterocycles. The first-order valence-corrected chi connectivity index (χ1v) is 6.43. The van der Waals surface area contributed by atoms with Gasteiger partial charge >= 0.3 is 0 Å². The zero-order valence-electron chi connectivity index (χ0n) is 10.7. The summed E-state index contributed by atoms with van der Waals surface area (Å²) >= 11 is 0. The Morgan fingerprint density at radius 2 is 2.06 bits per heavy atom. The Kier molecular flexibility index (Phi) is 3.05. The second kappa shape index (κ2) is 4.20. The van der Waals surface area contributed by atoms with Crippen LogP contribution in [0.3, 0.4) is 0 Å². The molecule has 0 bridgehead atoms. The van der Waals surface area contributed by atoms with Gasteiger partial charge in [-0.3, -0.25) is 4.79 Å². The van der Waals surface area contributed by atoms with Crippen molar-refractivity contribution in [2.24, 2.45) is 11.3 Å². The Bertz CT molecular complexity index is 360. The topological polar surface area (TPSA) is 17.1 Å². The number of hydrogen-bond donors (Lipinski definition) is 0. The maximum atomic E-state index is 10.9. The average Bonchev–Trinajstić information content (AvgIpc) is 2.48. The molecule has 2 rings (SSSR count). The van der Waals surface area contributed by atoms with Crippen molar-refractivity contribution in [3.05, 3.63) is 22.8 Å². The zero-order valence-corrected chi connectivity index (χ0v) is 10.7. The third-order valence-corrected chi connectivity index (χ3v) is 4.71. The zero-order chi connectivity index (χ0) is 11.8. The molecule has 1 nitrogen and oxygen atoms in total. The minimum Gasteiger partial charge on any atom is -0.298 e. The van der Waals surface area contributed by atoms with Crippen LogP contribution in [0.1, 0.15) is 52.9 Å². The fraction of sp³-hybridized carbons (Fsp3) is 0.667. The first kappa shape index (κ1) is 11.6. The summed E-state index contributed by atoms with van der Waals surface area (Å²) in [6, 6.07) is 0. The number of allylic oxidation sites excluding steroid dienone is 4. The molecule has 0 fully saturated rings. The molecule has 0 radical (unpaired) electrons. The van der Waals surface area contributed by atoms with Crippen molar-refractivity contribution in [2.45, 2.75) is 52.9 Å². The lowest BCUT2D eigenvalue weighted by Crippen LogP contribution is -2.26. The third kappa shape index (κ3) is 1.66. The highest BCUT2D eigenvalue weighted by Gasteiger charge is 2.41. The van der Waals surface area contributed by atoms with Crippen LogP contribution < -0.4 is 0 Å². The molecule has 88 valence electrons. The molecule has 0 amide bonds. The van der Waals surface area contributed by atoms with Gasteiger partial charge in [-0.2, -0.15) is 0 Å². The van der Waals surface area contributed by atoms with Crippen LogP contribution in [-0.2, 0) is 4.79 Å². The van der Waals surface area contributed by atoms with Crippen molar-refractivity contribution >= 4 is 6.29 Å². The van der Waals surface area contributed by atoms with Gasteiger partial charge in [-0.25, -0.2) is 0 Å². The average molecular weight is 218 g/mol. The van der Waals surface area contributed by atoms with Crippen molar-refractivity contribution in [1.82, 2.24) is 0 Å². The van der Waals surface area contributed by atoms with Crippen molar-refractivity contribution in [2.75, 3.05) is 0 Å². The molecule has 0 spiro atoms. The molecule has 0 saturated carbocycles. The van der Waals surface area contributed by atoms with Crippen molar-refractivity contribution in [3.8, 4) is 0 Å². The largest absolute Gasteiger partial charge is 0.298 e. The lowest BCUT2D eigenvalue weighted by Gasteiger charge is -2.35. The Hall–Kier alpha value is -0.850. The van der Waals surface area contributed by atoms with E-state index in [9.17, 15) is 4.79 Å². The van der Waals surface area contributed by atoms with Gasteiger partial charge in [-0.15, -0.1) is 0 Å². The van der Waals surface area contributed by atoms with E-state index in [1.54, 1.807) is 11.1 Å². The van der Waals surface area contributed by atoms with Gasteiger partial charge in [-0.05, 0) is 55.9 Å². The molecule has 1 heteroatoms. The van der Waals surface area contributed by atoms with Gasteiger partial charge in [0, 0.05) is 0 Å². The highest BCUT2D eigenvalue weighted by Crippen LogP contribution is 2.54. The molecular weight excluding hydrogens is 196 g/mol. The number of carbonyl (C=O) groups excluding carboxylic acids is 1. The molecule has 0 aromatic rings. The monoisotopic (exact) mass is 218 g/mol. The molecule has 1 atom stereocenters. The molecule has 0 aromatic heterocycles. The van der Waals surface area contributed by atoms with E-state index in [-0.39, 0.29) is 0 Å². The number of hydrogen-bond acceptors (Lipinski definition) is 1. The SMILES string of the molecule is CC1=C2CCC(C=O)=CCC2(C(C)C)CC1. The highest BCUT2D eigenvalue weighted by molar-refractivity contribution is 5.73. The molecule has 2 aliphatic carbocycles. The van der Waals surface area contributed by atoms with Gasteiger partial charge in [0.05, 0.1) is 0 Å². The van der Waals surface area contributed by atoms with Crippen LogP contribution in [0, 0.1) is 11.3 Å². The van der Waals surface area contributed by atoms with Gasteiger partial charge in [0.1, 0.15) is 6.29 Å². The van der Waals surface area contributed by atoms with Crippen molar-refractivity contribution in [1.29, 1.82) is 0 Å².